The van der Waals surface area contributed by atoms with Crippen molar-refractivity contribution in [2.24, 2.45) is 5.84 Å². The summed E-state index contributed by atoms with van der Waals surface area (Å²) in [6.07, 6.45) is 2.70. The van der Waals surface area contributed by atoms with Crippen molar-refractivity contribution in [1.29, 1.82) is 0 Å². The Morgan fingerprint density at radius 3 is 2.43 bits per heavy atom. The molecule has 21 heavy (non-hydrogen) atoms. The number of hydrogen-bond acceptors (Lipinski definition) is 4. The van der Waals surface area contributed by atoms with Crippen LogP contribution in [-0.4, -0.2) is 13.2 Å². The van der Waals surface area contributed by atoms with Crippen LogP contribution in [0.3, 0.4) is 0 Å². The fourth-order valence-electron chi connectivity index (χ4n) is 2.33. The molecule has 0 spiro atoms. The number of nitrogens with one attached hydrogen (secondary N) is 1. The van der Waals surface area contributed by atoms with Crippen LogP contribution >= 0.6 is 0 Å². The molecule has 0 aromatic heterocycles. The van der Waals surface area contributed by atoms with Gasteiger partial charge in [-0.25, -0.2) is 5.43 Å². The summed E-state index contributed by atoms with van der Waals surface area (Å²) in [4.78, 5) is 0. The number of methoxy groups -OCH3 is 1. The quantitative estimate of drug-likeness (QED) is 0.632. The van der Waals surface area contributed by atoms with E-state index in [4.69, 9.17) is 15.3 Å². The molecule has 110 valence electrons. The predicted octanol–water partition coefficient (Wildman–Crippen LogP) is 2.79. The van der Waals surface area contributed by atoms with Crippen molar-refractivity contribution in [3.05, 3.63) is 59.7 Å². The third-order valence-electron chi connectivity index (χ3n) is 3.63. The Morgan fingerprint density at radius 2 is 1.81 bits per heavy atom. The second kappa shape index (κ2) is 6.16. The largest absolute Gasteiger partial charge is 0.497 e. The minimum atomic E-state index is -0.0707. The van der Waals surface area contributed by atoms with E-state index in [1.807, 2.05) is 42.5 Å². The van der Waals surface area contributed by atoms with Crippen LogP contribution in [-0.2, 0) is 0 Å². The standard InChI is InChI=1S/C17H20N2O2/c1-20-14-7-5-12(6-8-14)17(19-18)13-3-2-4-16(11-13)21-15-9-10-15/h2-8,11,15,17,19H,9-10,18H2,1H3. The first-order chi connectivity index (χ1) is 10.3. The maximum Gasteiger partial charge on any atom is 0.120 e. The van der Waals surface area contributed by atoms with Crippen molar-refractivity contribution >= 4 is 0 Å². The summed E-state index contributed by atoms with van der Waals surface area (Å²) in [7, 11) is 1.66. The van der Waals surface area contributed by atoms with Gasteiger partial charge in [-0.2, -0.15) is 0 Å². The SMILES string of the molecule is COc1ccc(C(NN)c2cccc(OC3CC3)c2)cc1. The lowest BCUT2D eigenvalue weighted by Crippen LogP contribution is -2.28. The Kier molecular flexibility index (Phi) is 4.08. The predicted molar refractivity (Wildman–Crippen MR) is 82.3 cm³/mol. The second-order valence-corrected chi connectivity index (χ2v) is 5.26. The highest BCUT2D eigenvalue weighted by atomic mass is 16.5. The van der Waals surface area contributed by atoms with Gasteiger partial charge < -0.3 is 9.47 Å². The lowest BCUT2D eigenvalue weighted by Gasteiger charge is -2.18. The first-order valence-electron chi connectivity index (χ1n) is 7.17. The van der Waals surface area contributed by atoms with E-state index in [1.165, 1.54) is 0 Å². The van der Waals surface area contributed by atoms with Gasteiger partial charge in [0.05, 0.1) is 19.3 Å². The molecule has 1 aliphatic carbocycles. The second-order valence-electron chi connectivity index (χ2n) is 5.26. The summed E-state index contributed by atoms with van der Waals surface area (Å²) in [5.74, 6) is 7.49. The van der Waals surface area contributed by atoms with Crippen molar-refractivity contribution in [1.82, 2.24) is 5.43 Å². The Bertz CT molecular complexity index is 594. The zero-order valence-electron chi connectivity index (χ0n) is 12.1. The molecule has 0 heterocycles. The third-order valence-corrected chi connectivity index (χ3v) is 3.63. The lowest BCUT2D eigenvalue weighted by molar-refractivity contribution is 0.302. The van der Waals surface area contributed by atoms with Gasteiger partial charge in [-0.05, 0) is 48.2 Å². The molecule has 2 aromatic rings. The molecular weight excluding hydrogens is 264 g/mol. The van der Waals surface area contributed by atoms with E-state index in [0.717, 1.165) is 35.5 Å². The molecule has 0 amide bonds. The maximum absolute atomic E-state index is 5.84. The van der Waals surface area contributed by atoms with Gasteiger partial charge >= 0.3 is 0 Å². The Hall–Kier alpha value is -2.04. The summed E-state index contributed by atoms with van der Waals surface area (Å²) in [5.41, 5.74) is 5.04. The molecule has 1 fully saturated rings. The molecule has 1 unspecified atom stereocenters. The van der Waals surface area contributed by atoms with Gasteiger partial charge in [-0.15, -0.1) is 0 Å². The summed E-state index contributed by atoms with van der Waals surface area (Å²) in [5, 5.41) is 0. The Balaban J connectivity index is 1.83. The number of benzene rings is 2. The average Bonchev–Trinajstić information content (AvgIpc) is 3.33. The summed E-state index contributed by atoms with van der Waals surface area (Å²) < 4.78 is 11.0. The number of rotatable bonds is 6. The molecule has 2 aromatic carbocycles. The minimum absolute atomic E-state index is 0.0707. The molecule has 3 rings (SSSR count). The van der Waals surface area contributed by atoms with Crippen LogP contribution in [0, 0.1) is 0 Å². The highest BCUT2D eigenvalue weighted by Crippen LogP contribution is 2.30. The van der Waals surface area contributed by atoms with Gasteiger partial charge in [-0.1, -0.05) is 24.3 Å². The van der Waals surface area contributed by atoms with Gasteiger partial charge in [0.2, 0.25) is 0 Å². The topological polar surface area (TPSA) is 56.5 Å². The van der Waals surface area contributed by atoms with E-state index in [1.54, 1.807) is 7.11 Å². The van der Waals surface area contributed by atoms with Crippen LogP contribution < -0.4 is 20.7 Å². The molecule has 0 saturated heterocycles. The van der Waals surface area contributed by atoms with Gasteiger partial charge in [0.25, 0.3) is 0 Å². The highest BCUT2D eigenvalue weighted by Gasteiger charge is 2.23. The number of ether oxygens (including phenoxy) is 2. The third kappa shape index (κ3) is 3.35. The van der Waals surface area contributed by atoms with Crippen LogP contribution in [0.1, 0.15) is 30.0 Å². The highest BCUT2D eigenvalue weighted by molar-refractivity contribution is 5.38. The molecule has 1 saturated carbocycles. The van der Waals surface area contributed by atoms with Crippen molar-refractivity contribution in [3.63, 3.8) is 0 Å². The summed E-state index contributed by atoms with van der Waals surface area (Å²) >= 11 is 0. The number of hydrazine groups is 1. The molecule has 0 radical (unpaired) electrons. The van der Waals surface area contributed by atoms with Gasteiger partial charge in [0.15, 0.2) is 0 Å². The van der Waals surface area contributed by atoms with Crippen LogP contribution in [0.25, 0.3) is 0 Å². The molecule has 4 heteroatoms. The Morgan fingerprint density at radius 1 is 1.05 bits per heavy atom. The van der Waals surface area contributed by atoms with E-state index in [9.17, 15) is 0 Å². The monoisotopic (exact) mass is 284 g/mol. The molecule has 0 bridgehead atoms. The number of nitrogens with two attached hydrogens (primary N) is 1. The fraction of sp³-hybridized carbons (Fsp3) is 0.294. The van der Waals surface area contributed by atoms with Crippen LogP contribution in [0.5, 0.6) is 11.5 Å². The maximum atomic E-state index is 5.84. The lowest BCUT2D eigenvalue weighted by atomic mass is 9.99. The molecule has 1 aliphatic rings. The van der Waals surface area contributed by atoms with Gasteiger partial charge in [0.1, 0.15) is 11.5 Å². The molecule has 4 nitrogen and oxygen atoms in total. The minimum Gasteiger partial charge on any atom is -0.497 e. The van der Waals surface area contributed by atoms with Gasteiger partial charge in [-0.3, -0.25) is 5.84 Å². The number of hydrogen-bond donors (Lipinski definition) is 2. The van der Waals surface area contributed by atoms with Crippen LogP contribution in [0.15, 0.2) is 48.5 Å². The van der Waals surface area contributed by atoms with E-state index in [-0.39, 0.29) is 6.04 Å². The zero-order chi connectivity index (χ0) is 14.7. The van der Waals surface area contributed by atoms with Crippen LogP contribution in [0.2, 0.25) is 0 Å². The van der Waals surface area contributed by atoms with Crippen molar-refractivity contribution in [2.75, 3.05) is 7.11 Å². The summed E-state index contributed by atoms with van der Waals surface area (Å²) in [6.45, 7) is 0. The van der Waals surface area contributed by atoms with E-state index in [0.29, 0.717) is 6.10 Å². The first-order valence-corrected chi connectivity index (χ1v) is 7.17. The van der Waals surface area contributed by atoms with Crippen LogP contribution in [0.4, 0.5) is 0 Å². The van der Waals surface area contributed by atoms with Gasteiger partial charge in [0, 0.05) is 0 Å². The Labute approximate surface area is 124 Å². The van der Waals surface area contributed by atoms with E-state index in [2.05, 4.69) is 11.5 Å². The summed E-state index contributed by atoms with van der Waals surface area (Å²) in [6, 6.07) is 15.9. The van der Waals surface area contributed by atoms with Crippen molar-refractivity contribution in [3.8, 4) is 11.5 Å². The van der Waals surface area contributed by atoms with Crippen molar-refractivity contribution < 1.29 is 9.47 Å². The van der Waals surface area contributed by atoms with Crippen molar-refractivity contribution in [2.45, 2.75) is 25.0 Å². The zero-order valence-corrected chi connectivity index (χ0v) is 12.1. The van der Waals surface area contributed by atoms with E-state index < -0.39 is 0 Å². The molecular formula is C17H20N2O2. The smallest absolute Gasteiger partial charge is 0.120 e. The van der Waals surface area contributed by atoms with E-state index >= 15 is 0 Å². The first kappa shape index (κ1) is 13.9. The normalized spacial score (nSPS) is 15.5. The average molecular weight is 284 g/mol. The molecule has 0 aliphatic heterocycles. The fourth-order valence-corrected chi connectivity index (χ4v) is 2.33. The molecule has 3 N–H and O–H groups in total. The molecule has 1 atom stereocenters.